The van der Waals surface area contributed by atoms with Crippen LogP contribution in [0, 0.1) is 6.07 Å². The summed E-state index contributed by atoms with van der Waals surface area (Å²) in [6, 6.07) is 32.2. The van der Waals surface area contributed by atoms with Gasteiger partial charge < -0.3 is 14.4 Å². The SMILES string of the molecule is CC(C)(C)c1ccc2c(c1)c1cc(C(C)(C)C)c(Oc3ccc4cccc(O)c4n3)[c-]c1n2-c1nccc2ccccc12.[Pt]. The van der Waals surface area contributed by atoms with Crippen molar-refractivity contribution in [2.45, 2.75) is 52.4 Å². The van der Waals surface area contributed by atoms with Crippen LogP contribution in [0.3, 0.4) is 0 Å². The fraction of sp³-hybridized carbons (Fsp3) is 0.211. The van der Waals surface area contributed by atoms with Gasteiger partial charge in [0.1, 0.15) is 17.1 Å². The van der Waals surface area contributed by atoms with E-state index in [4.69, 9.17) is 9.72 Å². The molecule has 0 bridgehead atoms. The van der Waals surface area contributed by atoms with Crippen molar-refractivity contribution in [1.29, 1.82) is 0 Å². The Labute approximate surface area is 271 Å². The van der Waals surface area contributed by atoms with Crippen LogP contribution in [0.2, 0.25) is 0 Å². The van der Waals surface area contributed by atoms with E-state index >= 15 is 0 Å². The van der Waals surface area contributed by atoms with Gasteiger partial charge in [0.05, 0.1) is 0 Å². The van der Waals surface area contributed by atoms with Crippen LogP contribution in [0.5, 0.6) is 17.4 Å². The zero-order chi connectivity index (χ0) is 30.1. The van der Waals surface area contributed by atoms with Gasteiger partial charge in [0, 0.05) is 55.4 Å². The van der Waals surface area contributed by atoms with Crippen LogP contribution in [0.25, 0.3) is 49.3 Å². The van der Waals surface area contributed by atoms with Crippen LogP contribution in [-0.2, 0) is 31.9 Å². The maximum atomic E-state index is 10.5. The normalized spacial score (nSPS) is 12.2. The van der Waals surface area contributed by atoms with Crippen LogP contribution in [0.15, 0.2) is 91.1 Å². The molecule has 6 heteroatoms. The van der Waals surface area contributed by atoms with Gasteiger partial charge in [-0.25, -0.2) is 9.97 Å². The number of phenolic OH excluding ortho intramolecular Hbond substituents is 1. The number of rotatable bonds is 3. The predicted octanol–water partition coefficient (Wildman–Crippen LogP) is 9.77. The number of fused-ring (bicyclic) bond motifs is 5. The molecule has 0 aliphatic rings. The number of aromatic nitrogens is 3. The van der Waals surface area contributed by atoms with Crippen LogP contribution >= 0.6 is 0 Å². The largest absolute Gasteiger partial charge is 0.506 e. The molecule has 7 rings (SSSR count). The van der Waals surface area contributed by atoms with Crippen LogP contribution in [0.4, 0.5) is 0 Å². The first-order valence-corrected chi connectivity index (χ1v) is 14.7. The summed E-state index contributed by atoms with van der Waals surface area (Å²) in [5.41, 5.74) is 4.49. The second-order valence-corrected chi connectivity index (χ2v) is 13.3. The Balaban J connectivity index is 0.00000343. The van der Waals surface area contributed by atoms with Gasteiger partial charge in [0.2, 0.25) is 5.88 Å². The van der Waals surface area contributed by atoms with Gasteiger partial charge >= 0.3 is 0 Å². The van der Waals surface area contributed by atoms with Crippen LogP contribution in [0.1, 0.15) is 52.7 Å². The molecule has 0 aliphatic heterocycles. The van der Waals surface area contributed by atoms with E-state index in [0.29, 0.717) is 17.1 Å². The number of aromatic hydroxyl groups is 1. The van der Waals surface area contributed by atoms with Gasteiger partial charge in [0.25, 0.3) is 0 Å². The van der Waals surface area contributed by atoms with Gasteiger partial charge in [0.15, 0.2) is 0 Å². The van der Waals surface area contributed by atoms with E-state index in [9.17, 15) is 5.11 Å². The summed E-state index contributed by atoms with van der Waals surface area (Å²) in [5.74, 6) is 1.97. The molecule has 0 saturated heterocycles. The van der Waals surface area contributed by atoms with Crippen molar-refractivity contribution >= 4 is 43.5 Å². The molecule has 0 spiro atoms. The Morgan fingerprint density at radius 1 is 0.750 bits per heavy atom. The number of benzene rings is 4. The summed E-state index contributed by atoms with van der Waals surface area (Å²) in [6.07, 6.45) is 1.87. The molecule has 3 heterocycles. The summed E-state index contributed by atoms with van der Waals surface area (Å²) in [4.78, 5) is 9.58. The topological polar surface area (TPSA) is 60.2 Å². The molecule has 0 radical (unpaired) electrons. The van der Waals surface area contributed by atoms with E-state index in [1.165, 1.54) is 5.56 Å². The third kappa shape index (κ3) is 5.03. The Bertz CT molecular complexity index is 2200. The van der Waals surface area contributed by atoms with Gasteiger partial charge in [-0.3, -0.25) is 0 Å². The van der Waals surface area contributed by atoms with Crippen molar-refractivity contribution in [3.63, 3.8) is 0 Å². The summed E-state index contributed by atoms with van der Waals surface area (Å²) < 4.78 is 8.75. The number of para-hydroxylation sites is 1. The zero-order valence-corrected chi connectivity index (χ0v) is 27.9. The smallest absolute Gasteiger partial charge is 0.217 e. The Morgan fingerprint density at radius 3 is 2.30 bits per heavy atom. The predicted molar refractivity (Wildman–Crippen MR) is 176 cm³/mol. The van der Waals surface area contributed by atoms with Gasteiger partial charge in [-0.15, -0.1) is 17.0 Å². The van der Waals surface area contributed by atoms with Crippen molar-refractivity contribution in [2.24, 2.45) is 0 Å². The molecule has 0 unspecified atom stereocenters. The molecule has 7 aromatic rings. The van der Waals surface area contributed by atoms with Gasteiger partial charge in [-0.05, 0) is 46.0 Å². The van der Waals surface area contributed by atoms with E-state index < -0.39 is 0 Å². The third-order valence-electron chi connectivity index (χ3n) is 8.19. The molecule has 0 saturated carbocycles. The third-order valence-corrected chi connectivity index (χ3v) is 8.19. The van der Waals surface area contributed by atoms with Gasteiger partial charge in [-0.1, -0.05) is 101 Å². The molecule has 5 nitrogen and oxygen atoms in total. The van der Waals surface area contributed by atoms with Gasteiger partial charge in [-0.2, -0.15) is 6.07 Å². The Morgan fingerprint density at radius 2 is 1.52 bits per heavy atom. The Kier molecular flexibility index (Phi) is 7.29. The number of hydrogen-bond donors (Lipinski definition) is 1. The van der Waals surface area contributed by atoms with Crippen LogP contribution < -0.4 is 4.74 Å². The van der Waals surface area contributed by atoms with E-state index in [1.54, 1.807) is 6.07 Å². The molecule has 0 amide bonds. The van der Waals surface area contributed by atoms with Crippen molar-refractivity contribution in [3.05, 3.63) is 108 Å². The van der Waals surface area contributed by atoms with Crippen LogP contribution in [-0.4, -0.2) is 19.6 Å². The second kappa shape index (κ2) is 10.7. The average Bonchev–Trinajstić information content (AvgIpc) is 3.28. The summed E-state index contributed by atoms with van der Waals surface area (Å²) in [6.45, 7) is 13.3. The maximum absolute atomic E-state index is 10.5. The molecule has 224 valence electrons. The summed E-state index contributed by atoms with van der Waals surface area (Å²) >= 11 is 0. The minimum atomic E-state index is -0.243. The number of ether oxygens (including phenoxy) is 1. The quantitative estimate of drug-likeness (QED) is 0.182. The fourth-order valence-corrected chi connectivity index (χ4v) is 5.85. The summed E-state index contributed by atoms with van der Waals surface area (Å²) in [5, 5.41) is 15.7. The summed E-state index contributed by atoms with van der Waals surface area (Å²) in [7, 11) is 0. The standard InChI is InChI=1S/C38H34N3O2.Pt/c1-37(2,3)25-15-16-30-27(20-25)28-21-29(38(4,5)6)33(43-34-17-14-24-11-9-13-32(42)35(24)40-34)22-31(28)41(30)36-26-12-8-7-10-23(26)18-19-39-36;/h7-21,42H,1-6H3;/q-1;. The van der Waals surface area contributed by atoms with Crippen molar-refractivity contribution in [1.82, 2.24) is 14.5 Å². The Hall–Kier alpha value is -4.21. The number of nitrogens with zero attached hydrogens (tertiary/aromatic N) is 3. The first kappa shape index (κ1) is 29.8. The molecular formula is C38H34N3O2Pt-. The van der Waals surface area contributed by atoms with E-state index in [-0.39, 0.29) is 37.6 Å². The average molecular weight is 760 g/mol. The molecule has 0 fully saturated rings. The minimum Gasteiger partial charge on any atom is -0.506 e. The van der Waals surface area contributed by atoms with Crippen molar-refractivity contribution < 1.29 is 30.9 Å². The molecule has 0 aliphatic carbocycles. The van der Waals surface area contributed by atoms with E-state index in [1.807, 2.05) is 36.5 Å². The first-order valence-electron chi connectivity index (χ1n) is 14.7. The van der Waals surface area contributed by atoms with Crippen molar-refractivity contribution in [2.75, 3.05) is 0 Å². The molecular weight excluding hydrogens is 726 g/mol. The van der Waals surface area contributed by atoms with E-state index in [2.05, 4.69) is 106 Å². The second-order valence-electron chi connectivity index (χ2n) is 13.3. The zero-order valence-electron chi connectivity index (χ0n) is 25.7. The number of pyridine rings is 2. The maximum Gasteiger partial charge on any atom is 0.217 e. The number of hydrogen-bond acceptors (Lipinski definition) is 4. The van der Waals surface area contributed by atoms with Crippen molar-refractivity contribution in [3.8, 4) is 23.2 Å². The molecule has 3 aromatic heterocycles. The first-order chi connectivity index (χ1) is 20.5. The molecule has 1 N–H and O–H groups in total. The minimum absolute atomic E-state index is 0. The molecule has 0 atom stereocenters. The molecule has 4 aromatic carbocycles. The number of phenols is 1. The van der Waals surface area contributed by atoms with E-state index in [0.717, 1.165) is 49.3 Å². The fourth-order valence-electron chi connectivity index (χ4n) is 5.85. The molecule has 44 heavy (non-hydrogen) atoms. The monoisotopic (exact) mass is 759 g/mol.